The van der Waals surface area contributed by atoms with Crippen LogP contribution < -0.4 is 5.32 Å². The van der Waals surface area contributed by atoms with Crippen LogP contribution in [0.3, 0.4) is 0 Å². The molecular weight excluding hydrogens is 258 g/mol. The average Bonchev–Trinajstić information content (AvgIpc) is 2.53. The number of rotatable bonds is 5. The SMILES string of the molecule is CNCc1cccc(COC2CCCc3ccccc32)c1. The Morgan fingerprint density at radius 1 is 1.10 bits per heavy atom. The van der Waals surface area contributed by atoms with Gasteiger partial charge in [-0.15, -0.1) is 0 Å². The van der Waals surface area contributed by atoms with Crippen molar-refractivity contribution in [2.24, 2.45) is 0 Å². The van der Waals surface area contributed by atoms with Gasteiger partial charge in [0.15, 0.2) is 0 Å². The topological polar surface area (TPSA) is 21.3 Å². The minimum atomic E-state index is 0.253. The van der Waals surface area contributed by atoms with Crippen molar-refractivity contribution in [3.63, 3.8) is 0 Å². The molecule has 0 bridgehead atoms. The molecule has 0 saturated heterocycles. The number of hydrogen-bond donors (Lipinski definition) is 1. The van der Waals surface area contributed by atoms with Crippen molar-refractivity contribution >= 4 is 0 Å². The van der Waals surface area contributed by atoms with Crippen molar-refractivity contribution in [1.82, 2.24) is 5.32 Å². The van der Waals surface area contributed by atoms with Gasteiger partial charge in [-0.1, -0.05) is 48.5 Å². The summed E-state index contributed by atoms with van der Waals surface area (Å²) in [6.07, 6.45) is 3.80. The Morgan fingerprint density at radius 3 is 2.86 bits per heavy atom. The third kappa shape index (κ3) is 3.52. The largest absolute Gasteiger partial charge is 0.369 e. The molecule has 0 fully saturated rings. The van der Waals surface area contributed by atoms with E-state index in [0.29, 0.717) is 6.61 Å². The van der Waals surface area contributed by atoms with Crippen LogP contribution in [0.25, 0.3) is 0 Å². The van der Waals surface area contributed by atoms with E-state index >= 15 is 0 Å². The fraction of sp³-hybridized carbons (Fsp3) is 0.368. The van der Waals surface area contributed by atoms with Crippen LogP contribution in [0.4, 0.5) is 0 Å². The molecule has 1 atom stereocenters. The standard InChI is InChI=1S/C19H23NO/c1-20-13-15-6-4-7-16(12-15)14-21-19-11-5-9-17-8-2-3-10-18(17)19/h2-4,6-8,10,12,19-20H,5,9,11,13-14H2,1H3. The Hall–Kier alpha value is -1.64. The summed E-state index contributed by atoms with van der Waals surface area (Å²) in [5.74, 6) is 0. The molecule has 1 aliphatic rings. The highest BCUT2D eigenvalue weighted by atomic mass is 16.5. The zero-order chi connectivity index (χ0) is 14.5. The lowest BCUT2D eigenvalue weighted by Gasteiger charge is -2.25. The first-order valence-electron chi connectivity index (χ1n) is 7.78. The molecule has 1 aliphatic carbocycles. The van der Waals surface area contributed by atoms with E-state index in [1.807, 2.05) is 7.05 Å². The summed E-state index contributed by atoms with van der Waals surface area (Å²) >= 11 is 0. The molecule has 0 radical (unpaired) electrons. The van der Waals surface area contributed by atoms with Gasteiger partial charge in [0, 0.05) is 6.54 Å². The van der Waals surface area contributed by atoms with Gasteiger partial charge >= 0.3 is 0 Å². The lowest BCUT2D eigenvalue weighted by atomic mass is 9.89. The summed E-state index contributed by atoms with van der Waals surface area (Å²) in [5.41, 5.74) is 5.40. The zero-order valence-corrected chi connectivity index (χ0v) is 12.6. The van der Waals surface area contributed by atoms with Crippen molar-refractivity contribution in [1.29, 1.82) is 0 Å². The summed E-state index contributed by atoms with van der Waals surface area (Å²) in [7, 11) is 1.97. The van der Waals surface area contributed by atoms with Gasteiger partial charge in [-0.3, -0.25) is 0 Å². The van der Waals surface area contributed by atoms with E-state index in [4.69, 9.17) is 4.74 Å². The Balaban J connectivity index is 1.67. The molecule has 2 nitrogen and oxygen atoms in total. The second-order valence-corrected chi connectivity index (χ2v) is 5.74. The lowest BCUT2D eigenvalue weighted by molar-refractivity contribution is 0.0282. The predicted octanol–water partition coefficient (Wildman–Crippen LogP) is 4.00. The van der Waals surface area contributed by atoms with Gasteiger partial charge in [0.2, 0.25) is 0 Å². The van der Waals surface area contributed by atoms with Gasteiger partial charge < -0.3 is 10.1 Å². The molecule has 0 aliphatic heterocycles. The number of hydrogen-bond acceptors (Lipinski definition) is 2. The Labute approximate surface area is 127 Å². The van der Waals surface area contributed by atoms with Crippen LogP contribution in [0.2, 0.25) is 0 Å². The summed E-state index contributed by atoms with van der Waals surface area (Å²) in [5, 5.41) is 3.19. The zero-order valence-electron chi connectivity index (χ0n) is 12.6. The third-order valence-corrected chi connectivity index (χ3v) is 4.14. The fourth-order valence-electron chi connectivity index (χ4n) is 3.11. The fourth-order valence-corrected chi connectivity index (χ4v) is 3.11. The summed E-state index contributed by atoms with van der Waals surface area (Å²) in [6.45, 7) is 1.59. The first-order chi connectivity index (χ1) is 10.4. The summed E-state index contributed by atoms with van der Waals surface area (Å²) in [6, 6.07) is 17.3. The van der Waals surface area contributed by atoms with Gasteiger partial charge in [0.1, 0.15) is 0 Å². The van der Waals surface area contributed by atoms with Gasteiger partial charge in [-0.05, 0) is 48.6 Å². The Kier molecular flexibility index (Phi) is 4.69. The Bertz CT molecular complexity index is 594. The van der Waals surface area contributed by atoms with E-state index in [2.05, 4.69) is 53.8 Å². The maximum atomic E-state index is 6.21. The number of fused-ring (bicyclic) bond motifs is 1. The molecule has 0 amide bonds. The van der Waals surface area contributed by atoms with E-state index < -0.39 is 0 Å². The van der Waals surface area contributed by atoms with Crippen molar-refractivity contribution in [2.45, 2.75) is 38.5 Å². The van der Waals surface area contributed by atoms with Gasteiger partial charge in [0.25, 0.3) is 0 Å². The van der Waals surface area contributed by atoms with Crippen molar-refractivity contribution < 1.29 is 4.74 Å². The molecule has 21 heavy (non-hydrogen) atoms. The molecule has 0 saturated carbocycles. The molecule has 0 spiro atoms. The van der Waals surface area contributed by atoms with Crippen LogP contribution in [0, 0.1) is 0 Å². The smallest absolute Gasteiger partial charge is 0.0832 e. The van der Waals surface area contributed by atoms with E-state index in [1.54, 1.807) is 0 Å². The van der Waals surface area contributed by atoms with Crippen LogP contribution >= 0.6 is 0 Å². The second kappa shape index (κ2) is 6.88. The number of ether oxygens (including phenoxy) is 1. The number of aryl methyl sites for hydroxylation is 1. The first kappa shape index (κ1) is 14.3. The molecule has 3 rings (SSSR count). The predicted molar refractivity (Wildman–Crippen MR) is 86.1 cm³/mol. The molecular formula is C19H23NO. The second-order valence-electron chi connectivity index (χ2n) is 5.74. The highest BCUT2D eigenvalue weighted by Gasteiger charge is 2.20. The highest BCUT2D eigenvalue weighted by molar-refractivity contribution is 5.31. The van der Waals surface area contributed by atoms with Gasteiger partial charge in [0.05, 0.1) is 12.7 Å². The van der Waals surface area contributed by atoms with Crippen molar-refractivity contribution in [2.75, 3.05) is 7.05 Å². The van der Waals surface area contributed by atoms with E-state index in [9.17, 15) is 0 Å². The quantitative estimate of drug-likeness (QED) is 0.894. The van der Waals surface area contributed by atoms with E-state index in [-0.39, 0.29) is 6.10 Å². The van der Waals surface area contributed by atoms with E-state index in [1.165, 1.54) is 35.1 Å². The maximum absolute atomic E-state index is 6.21. The van der Waals surface area contributed by atoms with Crippen LogP contribution in [-0.4, -0.2) is 7.05 Å². The molecule has 2 aromatic rings. The van der Waals surface area contributed by atoms with Crippen LogP contribution in [0.1, 0.15) is 41.2 Å². The molecule has 2 aromatic carbocycles. The van der Waals surface area contributed by atoms with Crippen molar-refractivity contribution in [3.8, 4) is 0 Å². The molecule has 110 valence electrons. The van der Waals surface area contributed by atoms with E-state index in [0.717, 1.165) is 13.0 Å². The van der Waals surface area contributed by atoms with Crippen LogP contribution in [0.5, 0.6) is 0 Å². The summed E-state index contributed by atoms with van der Waals surface area (Å²) < 4.78 is 6.21. The van der Waals surface area contributed by atoms with Gasteiger partial charge in [-0.2, -0.15) is 0 Å². The molecule has 1 unspecified atom stereocenters. The minimum absolute atomic E-state index is 0.253. The molecule has 0 heterocycles. The van der Waals surface area contributed by atoms with Crippen molar-refractivity contribution in [3.05, 3.63) is 70.8 Å². The van der Waals surface area contributed by atoms with Gasteiger partial charge in [-0.25, -0.2) is 0 Å². The average molecular weight is 281 g/mol. The Morgan fingerprint density at radius 2 is 1.95 bits per heavy atom. The first-order valence-corrected chi connectivity index (χ1v) is 7.78. The maximum Gasteiger partial charge on any atom is 0.0832 e. The number of benzene rings is 2. The lowest BCUT2D eigenvalue weighted by Crippen LogP contribution is -2.13. The molecule has 2 heteroatoms. The highest BCUT2D eigenvalue weighted by Crippen LogP contribution is 2.32. The molecule has 1 N–H and O–H groups in total. The summed E-state index contributed by atoms with van der Waals surface area (Å²) in [4.78, 5) is 0. The third-order valence-electron chi connectivity index (χ3n) is 4.14. The van der Waals surface area contributed by atoms with Crippen LogP contribution in [-0.2, 0) is 24.3 Å². The van der Waals surface area contributed by atoms with Crippen LogP contribution in [0.15, 0.2) is 48.5 Å². The molecule has 0 aromatic heterocycles. The normalized spacial score (nSPS) is 17.5. The monoisotopic (exact) mass is 281 g/mol. The minimum Gasteiger partial charge on any atom is -0.369 e. The number of nitrogens with one attached hydrogen (secondary N) is 1.